The van der Waals surface area contributed by atoms with Crippen LogP contribution >= 0.6 is 11.6 Å². The molecule has 0 spiro atoms. The molecule has 1 aliphatic rings. The molecule has 10 heteroatoms. The zero-order chi connectivity index (χ0) is 20.1. The fourth-order valence-electron chi connectivity index (χ4n) is 3.05. The van der Waals surface area contributed by atoms with Crippen molar-refractivity contribution in [3.05, 3.63) is 34.9 Å². The summed E-state index contributed by atoms with van der Waals surface area (Å²) in [6, 6.07) is 3.48. The minimum absolute atomic E-state index is 0.207. The van der Waals surface area contributed by atoms with E-state index in [4.69, 9.17) is 11.6 Å². The number of anilines is 1. The molecule has 3 aromatic heterocycles. The van der Waals surface area contributed by atoms with Crippen molar-refractivity contribution < 1.29 is 8.78 Å². The van der Waals surface area contributed by atoms with Gasteiger partial charge in [0.05, 0.1) is 17.3 Å². The summed E-state index contributed by atoms with van der Waals surface area (Å²) in [7, 11) is 0. The maximum atomic E-state index is 13.8. The monoisotopic (exact) mass is 407 g/mol. The summed E-state index contributed by atoms with van der Waals surface area (Å²) in [6.07, 6.45) is 1.43. The van der Waals surface area contributed by atoms with Crippen molar-refractivity contribution in [1.82, 2.24) is 29.9 Å². The fraction of sp³-hybridized carbons (Fsp3) is 0.500. The standard InChI is InChI=1S/C18H20ClF2N7/c1-17(2,3)16-23-14-13(15(24-16)27-8-6-18(20,21)10-27)25-28(26-14)9-12-11(19)5-4-7-22-12/h4-5,7H,6,8-10H2,1-3H3. The van der Waals surface area contributed by atoms with E-state index in [9.17, 15) is 8.78 Å². The summed E-state index contributed by atoms with van der Waals surface area (Å²) in [5.41, 5.74) is 1.02. The van der Waals surface area contributed by atoms with Gasteiger partial charge in [-0.2, -0.15) is 4.80 Å². The van der Waals surface area contributed by atoms with Gasteiger partial charge in [-0.25, -0.2) is 18.7 Å². The lowest BCUT2D eigenvalue weighted by atomic mass is 9.96. The Labute approximate surface area is 165 Å². The van der Waals surface area contributed by atoms with Gasteiger partial charge in [-0.05, 0) is 12.1 Å². The van der Waals surface area contributed by atoms with Crippen molar-refractivity contribution in [2.75, 3.05) is 18.0 Å². The molecule has 3 aromatic rings. The molecule has 0 aromatic carbocycles. The molecule has 0 N–H and O–H groups in total. The molecule has 0 amide bonds. The number of aromatic nitrogens is 6. The molecule has 0 saturated carbocycles. The van der Waals surface area contributed by atoms with Crippen LogP contribution in [0.3, 0.4) is 0 Å². The molecule has 0 unspecified atom stereocenters. The van der Waals surface area contributed by atoms with E-state index in [0.29, 0.717) is 33.5 Å². The van der Waals surface area contributed by atoms with Gasteiger partial charge >= 0.3 is 0 Å². The van der Waals surface area contributed by atoms with E-state index in [1.54, 1.807) is 23.2 Å². The smallest absolute Gasteiger partial charge is 0.266 e. The maximum absolute atomic E-state index is 13.8. The fourth-order valence-corrected chi connectivity index (χ4v) is 3.23. The summed E-state index contributed by atoms with van der Waals surface area (Å²) in [6.45, 7) is 5.97. The first-order chi connectivity index (χ1) is 13.1. The normalized spacial score (nSPS) is 16.9. The summed E-state index contributed by atoms with van der Waals surface area (Å²) in [5.74, 6) is -1.81. The van der Waals surface area contributed by atoms with Crippen molar-refractivity contribution in [2.45, 2.75) is 45.1 Å². The average molecular weight is 408 g/mol. The number of halogens is 3. The maximum Gasteiger partial charge on any atom is 0.266 e. The molecule has 0 atom stereocenters. The van der Waals surface area contributed by atoms with Crippen molar-refractivity contribution in [1.29, 1.82) is 0 Å². The second-order valence-electron chi connectivity index (χ2n) is 7.98. The predicted molar refractivity (Wildman–Crippen MR) is 102 cm³/mol. The molecule has 0 radical (unpaired) electrons. The predicted octanol–water partition coefficient (Wildman–Crippen LogP) is 3.46. The zero-order valence-corrected chi connectivity index (χ0v) is 16.6. The molecule has 7 nitrogen and oxygen atoms in total. The summed E-state index contributed by atoms with van der Waals surface area (Å²) >= 11 is 6.17. The summed E-state index contributed by atoms with van der Waals surface area (Å²) in [5, 5.41) is 9.40. The van der Waals surface area contributed by atoms with Gasteiger partial charge in [-0.1, -0.05) is 32.4 Å². The molecule has 1 aliphatic heterocycles. The number of alkyl halides is 2. The van der Waals surface area contributed by atoms with Crippen LogP contribution in [0.25, 0.3) is 11.2 Å². The van der Waals surface area contributed by atoms with Crippen LogP contribution in [0, 0.1) is 0 Å². The Hall–Kier alpha value is -2.42. The summed E-state index contributed by atoms with van der Waals surface area (Å²) < 4.78 is 27.6. The molecule has 1 fully saturated rings. The van der Waals surface area contributed by atoms with Crippen LogP contribution in [0.4, 0.5) is 14.6 Å². The van der Waals surface area contributed by atoms with E-state index in [2.05, 4.69) is 25.1 Å². The SMILES string of the molecule is CC(C)(C)c1nc(N2CCC(F)(F)C2)c2nn(Cc3ncccc3Cl)nc2n1. The topological polar surface area (TPSA) is 72.6 Å². The van der Waals surface area contributed by atoms with Crippen LogP contribution in [0.15, 0.2) is 18.3 Å². The molecular weight excluding hydrogens is 388 g/mol. The first-order valence-corrected chi connectivity index (χ1v) is 9.36. The minimum atomic E-state index is -2.74. The highest BCUT2D eigenvalue weighted by atomic mass is 35.5. The van der Waals surface area contributed by atoms with Gasteiger partial charge in [-0.15, -0.1) is 10.2 Å². The molecule has 28 heavy (non-hydrogen) atoms. The largest absolute Gasteiger partial charge is 0.348 e. The highest BCUT2D eigenvalue weighted by Gasteiger charge is 2.40. The van der Waals surface area contributed by atoms with Crippen LogP contribution in [-0.2, 0) is 12.0 Å². The van der Waals surface area contributed by atoms with E-state index in [1.165, 1.54) is 4.80 Å². The van der Waals surface area contributed by atoms with Crippen LogP contribution in [-0.4, -0.2) is 49.0 Å². The summed E-state index contributed by atoms with van der Waals surface area (Å²) in [4.78, 5) is 16.3. The molecule has 0 bridgehead atoms. The molecule has 0 aliphatic carbocycles. The third-order valence-electron chi connectivity index (χ3n) is 4.54. The number of hydrogen-bond donors (Lipinski definition) is 0. The molecule has 1 saturated heterocycles. The number of pyridine rings is 1. The second kappa shape index (κ2) is 6.58. The first-order valence-electron chi connectivity index (χ1n) is 8.98. The van der Waals surface area contributed by atoms with E-state index in [-0.39, 0.29) is 31.5 Å². The number of rotatable bonds is 3. The van der Waals surface area contributed by atoms with Gasteiger partial charge < -0.3 is 4.90 Å². The van der Waals surface area contributed by atoms with Crippen LogP contribution in [0.1, 0.15) is 38.7 Å². The lowest BCUT2D eigenvalue weighted by molar-refractivity contribution is 0.0257. The van der Waals surface area contributed by atoms with E-state index >= 15 is 0 Å². The lowest BCUT2D eigenvalue weighted by Gasteiger charge is -2.21. The van der Waals surface area contributed by atoms with Crippen LogP contribution < -0.4 is 4.90 Å². The first kappa shape index (κ1) is 18.9. The van der Waals surface area contributed by atoms with Crippen LogP contribution in [0.5, 0.6) is 0 Å². The van der Waals surface area contributed by atoms with Crippen molar-refractivity contribution >= 4 is 28.6 Å². The Balaban J connectivity index is 1.80. The minimum Gasteiger partial charge on any atom is -0.348 e. The highest BCUT2D eigenvalue weighted by molar-refractivity contribution is 6.31. The van der Waals surface area contributed by atoms with Crippen LogP contribution in [0.2, 0.25) is 5.02 Å². The zero-order valence-electron chi connectivity index (χ0n) is 15.8. The third kappa shape index (κ3) is 3.63. The van der Waals surface area contributed by atoms with Crippen molar-refractivity contribution in [2.24, 2.45) is 0 Å². The Morgan fingerprint density at radius 2 is 2.00 bits per heavy atom. The van der Waals surface area contributed by atoms with Gasteiger partial charge in [0.2, 0.25) is 5.65 Å². The Morgan fingerprint density at radius 1 is 1.21 bits per heavy atom. The Morgan fingerprint density at radius 3 is 2.64 bits per heavy atom. The second-order valence-corrected chi connectivity index (χ2v) is 8.39. The van der Waals surface area contributed by atoms with Crippen molar-refractivity contribution in [3.8, 4) is 0 Å². The number of fused-ring (bicyclic) bond motifs is 1. The number of nitrogens with zero attached hydrogens (tertiary/aromatic N) is 7. The Kier molecular flexibility index (Phi) is 4.45. The molecule has 4 heterocycles. The molecular formula is C18H20ClF2N7. The lowest BCUT2D eigenvalue weighted by Crippen LogP contribution is -2.27. The van der Waals surface area contributed by atoms with Crippen molar-refractivity contribution in [3.63, 3.8) is 0 Å². The highest BCUT2D eigenvalue weighted by Crippen LogP contribution is 2.33. The van der Waals surface area contributed by atoms with E-state index < -0.39 is 5.92 Å². The molecule has 148 valence electrons. The van der Waals surface area contributed by atoms with Gasteiger partial charge in [0.25, 0.3) is 5.92 Å². The Bertz CT molecular complexity index is 1030. The van der Waals surface area contributed by atoms with E-state index in [0.717, 1.165) is 0 Å². The van der Waals surface area contributed by atoms with E-state index in [1.807, 2.05) is 20.8 Å². The third-order valence-corrected chi connectivity index (χ3v) is 4.88. The van der Waals surface area contributed by atoms with Gasteiger partial charge in [0.1, 0.15) is 12.4 Å². The van der Waals surface area contributed by atoms with Gasteiger partial charge in [-0.3, -0.25) is 4.98 Å². The quantitative estimate of drug-likeness (QED) is 0.662. The van der Waals surface area contributed by atoms with Gasteiger partial charge in [0.15, 0.2) is 11.3 Å². The average Bonchev–Trinajstić information content (AvgIpc) is 3.17. The molecule has 4 rings (SSSR count). The number of hydrogen-bond acceptors (Lipinski definition) is 6. The van der Waals surface area contributed by atoms with Gasteiger partial charge in [0, 0.05) is 24.6 Å².